The number of allylic oxidation sites excluding steroid dienone is 1. The zero-order valence-electron chi connectivity index (χ0n) is 16.9. The van der Waals surface area contributed by atoms with Crippen LogP contribution in [0.25, 0.3) is 0 Å². The third kappa shape index (κ3) is 4.03. The minimum absolute atomic E-state index is 0.00386. The fourth-order valence-corrected chi connectivity index (χ4v) is 4.51. The smallest absolute Gasteiger partial charge is 0.243 e. The van der Waals surface area contributed by atoms with Crippen molar-refractivity contribution in [1.29, 1.82) is 0 Å². The molecule has 0 bridgehead atoms. The van der Waals surface area contributed by atoms with Gasteiger partial charge in [0.05, 0.1) is 24.5 Å². The van der Waals surface area contributed by atoms with Crippen LogP contribution in [0.15, 0.2) is 12.2 Å². The number of aliphatic hydroxyl groups excluding tert-OH is 1. The first kappa shape index (κ1) is 21.4. The van der Waals surface area contributed by atoms with E-state index in [9.17, 15) is 19.5 Å². The first-order valence-electron chi connectivity index (χ1n) is 9.91. The number of aliphatic hydroxyl groups is 1. The van der Waals surface area contributed by atoms with Gasteiger partial charge in [0, 0.05) is 19.0 Å². The van der Waals surface area contributed by atoms with E-state index >= 15 is 0 Å². The molecule has 27 heavy (non-hydrogen) atoms. The van der Waals surface area contributed by atoms with Gasteiger partial charge in [0.2, 0.25) is 17.7 Å². The van der Waals surface area contributed by atoms with Gasteiger partial charge < -0.3 is 20.6 Å². The van der Waals surface area contributed by atoms with E-state index in [4.69, 9.17) is 0 Å². The average Bonchev–Trinajstić information content (AvgIpc) is 2.93. The lowest BCUT2D eigenvalue weighted by molar-refractivity contribution is -0.143. The number of nitrogens with one attached hydrogen (secondary N) is 2. The van der Waals surface area contributed by atoms with Crippen molar-refractivity contribution in [3.05, 3.63) is 12.2 Å². The molecule has 2 aliphatic rings. The van der Waals surface area contributed by atoms with Gasteiger partial charge in [-0.15, -0.1) is 0 Å². The number of hydrogen-bond donors (Lipinski definition) is 3. The van der Waals surface area contributed by atoms with Crippen LogP contribution in [0, 0.1) is 23.7 Å². The number of amides is 3. The van der Waals surface area contributed by atoms with Crippen LogP contribution in [-0.2, 0) is 14.4 Å². The van der Waals surface area contributed by atoms with Crippen LogP contribution in [0.2, 0.25) is 0 Å². The summed E-state index contributed by atoms with van der Waals surface area (Å²) in [5.74, 6) is -2.21. The van der Waals surface area contributed by atoms with E-state index in [0.29, 0.717) is 0 Å². The molecule has 1 saturated heterocycles. The largest absolute Gasteiger partial charge is 0.394 e. The molecule has 0 spiro atoms. The van der Waals surface area contributed by atoms with Crippen LogP contribution in [0.3, 0.4) is 0 Å². The predicted octanol–water partition coefficient (Wildman–Crippen LogP) is 0.683. The highest BCUT2D eigenvalue weighted by molar-refractivity contribution is 5.97. The Bertz CT molecular complexity index is 606. The van der Waals surface area contributed by atoms with Crippen molar-refractivity contribution < 1.29 is 19.5 Å². The predicted molar refractivity (Wildman–Crippen MR) is 103 cm³/mol. The second-order valence-electron chi connectivity index (χ2n) is 7.91. The van der Waals surface area contributed by atoms with Crippen LogP contribution in [-0.4, -0.2) is 59.5 Å². The first-order valence-corrected chi connectivity index (χ1v) is 9.91. The second kappa shape index (κ2) is 8.87. The molecule has 1 unspecified atom stereocenters. The SMILES string of the molecule is CCCC(C)NC(=O)[C@@H]1[C@H]2C=C[C@@H](C)[C@@H](C(=O)NC)[C@H]2C(=O)N1[C@H](C)CO. The number of carbonyl (C=O) groups excluding carboxylic acids is 3. The number of carbonyl (C=O) groups is 3. The number of rotatable bonds is 7. The lowest BCUT2D eigenvalue weighted by Crippen LogP contribution is -2.52. The Morgan fingerprint density at radius 3 is 2.48 bits per heavy atom. The molecule has 7 nitrogen and oxygen atoms in total. The molecule has 0 aromatic heterocycles. The normalized spacial score (nSPS) is 32.0. The van der Waals surface area contributed by atoms with Crippen molar-refractivity contribution in [3.8, 4) is 0 Å². The van der Waals surface area contributed by atoms with Gasteiger partial charge in [0.15, 0.2) is 0 Å². The topological polar surface area (TPSA) is 98.7 Å². The molecule has 0 aromatic carbocycles. The van der Waals surface area contributed by atoms with Gasteiger partial charge in [0.25, 0.3) is 0 Å². The summed E-state index contributed by atoms with van der Waals surface area (Å²) in [5.41, 5.74) is 0. The molecule has 152 valence electrons. The summed E-state index contributed by atoms with van der Waals surface area (Å²) in [7, 11) is 1.56. The Hall–Kier alpha value is -1.89. The number of hydrogen-bond acceptors (Lipinski definition) is 4. The number of likely N-dealkylation sites (tertiary alicyclic amines) is 1. The summed E-state index contributed by atoms with van der Waals surface area (Å²) < 4.78 is 0. The molecule has 3 N–H and O–H groups in total. The minimum atomic E-state index is -0.708. The molecule has 2 rings (SSSR count). The van der Waals surface area contributed by atoms with E-state index in [0.717, 1.165) is 12.8 Å². The van der Waals surface area contributed by atoms with E-state index in [-0.39, 0.29) is 42.2 Å². The highest BCUT2D eigenvalue weighted by atomic mass is 16.3. The molecule has 7 heteroatoms. The van der Waals surface area contributed by atoms with Crippen molar-refractivity contribution in [2.75, 3.05) is 13.7 Å². The highest BCUT2D eigenvalue weighted by Crippen LogP contribution is 2.44. The standard InChI is InChI=1S/C20H33N3O4/c1-6-7-12(3)22-19(26)17-14-9-8-11(2)15(18(25)21-5)16(14)20(27)23(17)13(4)10-24/h8-9,11-17,24H,6-7,10H2,1-5H3,(H,21,25)(H,22,26)/t11-,12?,13-,14+,15-,16+,17+/m1/s1. The Balaban J connectivity index is 2.41. The quantitative estimate of drug-likeness (QED) is 0.567. The highest BCUT2D eigenvalue weighted by Gasteiger charge is 2.57. The van der Waals surface area contributed by atoms with Crippen LogP contribution >= 0.6 is 0 Å². The van der Waals surface area contributed by atoms with Gasteiger partial charge in [-0.3, -0.25) is 14.4 Å². The van der Waals surface area contributed by atoms with Crippen molar-refractivity contribution >= 4 is 17.7 Å². The lowest BCUT2D eigenvalue weighted by Gasteiger charge is -2.33. The summed E-state index contributed by atoms with van der Waals surface area (Å²) in [4.78, 5) is 40.3. The van der Waals surface area contributed by atoms with Crippen molar-refractivity contribution in [3.63, 3.8) is 0 Å². The molecule has 3 amide bonds. The third-order valence-corrected chi connectivity index (χ3v) is 5.88. The maximum absolute atomic E-state index is 13.3. The van der Waals surface area contributed by atoms with E-state index in [1.807, 2.05) is 26.0 Å². The van der Waals surface area contributed by atoms with E-state index in [2.05, 4.69) is 17.6 Å². The van der Waals surface area contributed by atoms with Gasteiger partial charge in [-0.2, -0.15) is 0 Å². The summed E-state index contributed by atoms with van der Waals surface area (Å²) >= 11 is 0. The van der Waals surface area contributed by atoms with Crippen molar-refractivity contribution in [2.45, 2.75) is 58.7 Å². The Labute approximate surface area is 161 Å². The fourth-order valence-electron chi connectivity index (χ4n) is 4.51. The van der Waals surface area contributed by atoms with E-state index in [1.54, 1.807) is 14.0 Å². The van der Waals surface area contributed by atoms with Gasteiger partial charge in [-0.05, 0) is 26.2 Å². The minimum Gasteiger partial charge on any atom is -0.394 e. The van der Waals surface area contributed by atoms with Gasteiger partial charge in [-0.25, -0.2) is 0 Å². The molecule has 1 aliphatic carbocycles. The molecule has 1 heterocycles. The molecule has 0 radical (unpaired) electrons. The molecule has 1 fully saturated rings. The van der Waals surface area contributed by atoms with Gasteiger partial charge in [-0.1, -0.05) is 32.4 Å². The Morgan fingerprint density at radius 1 is 1.26 bits per heavy atom. The Kier molecular flexibility index (Phi) is 7.03. The summed E-state index contributed by atoms with van der Waals surface area (Å²) in [5, 5.41) is 15.3. The molecule has 1 aliphatic heterocycles. The summed E-state index contributed by atoms with van der Waals surface area (Å²) in [6.07, 6.45) is 5.64. The lowest BCUT2D eigenvalue weighted by atomic mass is 9.70. The molecule has 0 saturated carbocycles. The first-order chi connectivity index (χ1) is 12.8. The summed E-state index contributed by atoms with van der Waals surface area (Å²) in [6, 6.07) is -1.20. The van der Waals surface area contributed by atoms with Gasteiger partial charge >= 0.3 is 0 Å². The molecular formula is C20H33N3O4. The maximum Gasteiger partial charge on any atom is 0.243 e. The van der Waals surface area contributed by atoms with E-state index < -0.39 is 23.9 Å². The maximum atomic E-state index is 13.3. The molecule has 0 aromatic rings. The number of nitrogens with zero attached hydrogens (tertiary/aromatic N) is 1. The summed E-state index contributed by atoms with van der Waals surface area (Å²) in [6.45, 7) is 7.41. The van der Waals surface area contributed by atoms with Crippen molar-refractivity contribution in [2.24, 2.45) is 23.7 Å². The van der Waals surface area contributed by atoms with Crippen LogP contribution < -0.4 is 10.6 Å². The Morgan fingerprint density at radius 2 is 1.93 bits per heavy atom. The number of fused-ring (bicyclic) bond motifs is 1. The molecule has 7 atom stereocenters. The van der Waals surface area contributed by atoms with Gasteiger partial charge in [0.1, 0.15) is 6.04 Å². The van der Waals surface area contributed by atoms with Crippen LogP contribution in [0.1, 0.15) is 40.5 Å². The molecular weight excluding hydrogens is 346 g/mol. The van der Waals surface area contributed by atoms with Crippen LogP contribution in [0.4, 0.5) is 0 Å². The zero-order valence-corrected chi connectivity index (χ0v) is 16.9. The third-order valence-electron chi connectivity index (χ3n) is 5.88. The average molecular weight is 380 g/mol. The second-order valence-corrected chi connectivity index (χ2v) is 7.91. The fraction of sp³-hybridized carbons (Fsp3) is 0.750. The zero-order chi connectivity index (χ0) is 20.3. The van der Waals surface area contributed by atoms with Crippen LogP contribution in [0.5, 0.6) is 0 Å². The van der Waals surface area contributed by atoms with Crippen molar-refractivity contribution in [1.82, 2.24) is 15.5 Å². The monoisotopic (exact) mass is 379 g/mol. The van der Waals surface area contributed by atoms with E-state index in [1.165, 1.54) is 4.90 Å².